The van der Waals surface area contributed by atoms with Crippen molar-refractivity contribution in [3.8, 4) is 11.1 Å². The monoisotopic (exact) mass is 316 g/mol. The van der Waals surface area contributed by atoms with Gasteiger partial charge >= 0.3 is 0 Å². The fourth-order valence-corrected chi connectivity index (χ4v) is 2.79. The van der Waals surface area contributed by atoms with Crippen molar-refractivity contribution in [1.82, 2.24) is 10.6 Å². The van der Waals surface area contributed by atoms with E-state index in [1.807, 2.05) is 6.07 Å². The van der Waals surface area contributed by atoms with E-state index in [2.05, 4.69) is 10.6 Å². The van der Waals surface area contributed by atoms with E-state index in [1.54, 1.807) is 18.2 Å². The van der Waals surface area contributed by atoms with Crippen LogP contribution in [0.4, 0.5) is 8.78 Å². The van der Waals surface area contributed by atoms with Crippen molar-refractivity contribution in [2.45, 2.75) is 25.4 Å². The molecule has 1 unspecified atom stereocenters. The van der Waals surface area contributed by atoms with Crippen LogP contribution in [0.1, 0.15) is 18.4 Å². The van der Waals surface area contributed by atoms with Crippen molar-refractivity contribution >= 4 is 5.91 Å². The Kier molecular flexibility index (Phi) is 4.67. The summed E-state index contributed by atoms with van der Waals surface area (Å²) in [7, 11) is 0. The second-order valence-electron chi connectivity index (χ2n) is 5.69. The molecule has 120 valence electrons. The third-order valence-corrected chi connectivity index (χ3v) is 4.01. The molecule has 0 bridgehead atoms. The van der Waals surface area contributed by atoms with E-state index in [4.69, 9.17) is 0 Å². The van der Waals surface area contributed by atoms with Crippen molar-refractivity contribution in [3.63, 3.8) is 0 Å². The van der Waals surface area contributed by atoms with Crippen LogP contribution in [-0.2, 0) is 11.3 Å². The highest BCUT2D eigenvalue weighted by Crippen LogP contribution is 2.24. The van der Waals surface area contributed by atoms with Crippen LogP contribution in [0, 0.1) is 11.6 Å². The molecule has 0 aliphatic carbocycles. The molecule has 1 saturated heterocycles. The summed E-state index contributed by atoms with van der Waals surface area (Å²) in [6.07, 6.45) is 1.85. The molecule has 0 radical (unpaired) electrons. The zero-order valence-electron chi connectivity index (χ0n) is 12.6. The van der Waals surface area contributed by atoms with Crippen LogP contribution in [0.25, 0.3) is 11.1 Å². The van der Waals surface area contributed by atoms with Gasteiger partial charge in [-0.1, -0.05) is 18.2 Å². The average Bonchev–Trinajstić information content (AvgIpc) is 3.10. The summed E-state index contributed by atoms with van der Waals surface area (Å²) < 4.78 is 27.2. The van der Waals surface area contributed by atoms with Crippen molar-refractivity contribution in [2.24, 2.45) is 0 Å². The molecule has 23 heavy (non-hydrogen) atoms. The largest absolute Gasteiger partial charge is 0.351 e. The smallest absolute Gasteiger partial charge is 0.237 e. The lowest BCUT2D eigenvalue weighted by atomic mass is 10.0. The molecule has 1 aliphatic heterocycles. The first-order valence-electron chi connectivity index (χ1n) is 7.69. The first-order chi connectivity index (χ1) is 11.1. The van der Waals surface area contributed by atoms with Crippen LogP contribution in [0.2, 0.25) is 0 Å². The summed E-state index contributed by atoms with van der Waals surface area (Å²) in [5.41, 5.74) is 1.65. The minimum atomic E-state index is -0.479. The normalized spacial score (nSPS) is 17.2. The van der Waals surface area contributed by atoms with E-state index >= 15 is 0 Å². The zero-order chi connectivity index (χ0) is 16.2. The van der Waals surface area contributed by atoms with Crippen LogP contribution < -0.4 is 10.6 Å². The first-order valence-corrected chi connectivity index (χ1v) is 7.69. The number of amides is 1. The second-order valence-corrected chi connectivity index (χ2v) is 5.69. The summed E-state index contributed by atoms with van der Waals surface area (Å²) in [6.45, 7) is 1.23. The van der Waals surface area contributed by atoms with Gasteiger partial charge in [0, 0.05) is 12.1 Å². The van der Waals surface area contributed by atoms with E-state index in [9.17, 15) is 13.6 Å². The van der Waals surface area contributed by atoms with Gasteiger partial charge in [-0.05, 0) is 54.8 Å². The SMILES string of the molecule is O=C(NCc1cccc(-c2cc(F)ccc2F)c1)C1CCCN1. The number of hydrogen-bond donors (Lipinski definition) is 2. The molecule has 0 spiro atoms. The maximum absolute atomic E-state index is 13.9. The predicted molar refractivity (Wildman–Crippen MR) is 84.7 cm³/mol. The highest BCUT2D eigenvalue weighted by Gasteiger charge is 2.21. The Morgan fingerprint density at radius 1 is 1.22 bits per heavy atom. The third kappa shape index (κ3) is 3.74. The van der Waals surface area contributed by atoms with Gasteiger partial charge in [0.25, 0.3) is 0 Å². The maximum Gasteiger partial charge on any atom is 0.237 e. The van der Waals surface area contributed by atoms with Crippen LogP contribution >= 0.6 is 0 Å². The highest BCUT2D eigenvalue weighted by atomic mass is 19.1. The molecule has 1 amide bonds. The van der Waals surface area contributed by atoms with Gasteiger partial charge in [-0.15, -0.1) is 0 Å². The highest BCUT2D eigenvalue weighted by molar-refractivity contribution is 5.82. The Bertz CT molecular complexity index is 712. The molecule has 1 aliphatic rings. The molecule has 2 aromatic carbocycles. The molecule has 0 aromatic heterocycles. The lowest BCUT2D eigenvalue weighted by Gasteiger charge is -2.12. The van der Waals surface area contributed by atoms with Crippen molar-refractivity contribution in [2.75, 3.05) is 6.54 Å². The summed E-state index contributed by atoms with van der Waals surface area (Å²) in [5.74, 6) is -0.972. The van der Waals surface area contributed by atoms with Crippen LogP contribution in [-0.4, -0.2) is 18.5 Å². The quantitative estimate of drug-likeness (QED) is 0.910. The number of rotatable bonds is 4. The van der Waals surface area contributed by atoms with E-state index in [1.165, 1.54) is 6.07 Å². The summed E-state index contributed by atoms with van der Waals surface area (Å²) in [4.78, 5) is 12.0. The summed E-state index contributed by atoms with van der Waals surface area (Å²) >= 11 is 0. The lowest BCUT2D eigenvalue weighted by Crippen LogP contribution is -2.39. The van der Waals surface area contributed by atoms with Crippen molar-refractivity contribution in [3.05, 3.63) is 59.7 Å². The van der Waals surface area contributed by atoms with Crippen LogP contribution in [0.15, 0.2) is 42.5 Å². The van der Waals surface area contributed by atoms with Gasteiger partial charge in [-0.25, -0.2) is 8.78 Å². The third-order valence-electron chi connectivity index (χ3n) is 4.01. The number of benzene rings is 2. The fourth-order valence-electron chi connectivity index (χ4n) is 2.79. The van der Waals surface area contributed by atoms with E-state index < -0.39 is 11.6 Å². The molecule has 1 atom stereocenters. The molecule has 3 nitrogen and oxygen atoms in total. The molecule has 2 aromatic rings. The molecule has 2 N–H and O–H groups in total. The zero-order valence-corrected chi connectivity index (χ0v) is 12.6. The maximum atomic E-state index is 13.9. The van der Waals surface area contributed by atoms with Crippen molar-refractivity contribution in [1.29, 1.82) is 0 Å². The first kappa shape index (κ1) is 15.6. The lowest BCUT2D eigenvalue weighted by molar-refractivity contribution is -0.122. The molecular weight excluding hydrogens is 298 g/mol. The average molecular weight is 316 g/mol. The standard InChI is InChI=1S/C18H18F2N2O/c19-14-6-7-16(20)15(10-14)13-4-1-3-12(9-13)11-22-18(23)17-5-2-8-21-17/h1,3-4,6-7,9-10,17,21H,2,5,8,11H2,(H,22,23). The Morgan fingerprint density at radius 3 is 2.87 bits per heavy atom. The van der Waals surface area contributed by atoms with Gasteiger partial charge in [-0.3, -0.25) is 4.79 Å². The summed E-state index contributed by atoms with van der Waals surface area (Å²) in [6, 6.07) is 10.4. The predicted octanol–water partition coefficient (Wildman–Crippen LogP) is 3.00. The second kappa shape index (κ2) is 6.87. The molecule has 5 heteroatoms. The van der Waals surface area contributed by atoms with E-state index in [0.29, 0.717) is 12.1 Å². The molecule has 1 fully saturated rings. The van der Waals surface area contributed by atoms with E-state index in [-0.39, 0.29) is 17.5 Å². The Balaban J connectivity index is 1.72. The van der Waals surface area contributed by atoms with Crippen LogP contribution in [0.3, 0.4) is 0 Å². The Labute approximate surface area is 133 Å². The number of nitrogens with one attached hydrogen (secondary N) is 2. The van der Waals surface area contributed by atoms with Crippen LogP contribution in [0.5, 0.6) is 0 Å². The minimum absolute atomic E-state index is 0.0233. The van der Waals surface area contributed by atoms with Gasteiger partial charge < -0.3 is 10.6 Å². The topological polar surface area (TPSA) is 41.1 Å². The van der Waals surface area contributed by atoms with Gasteiger partial charge in [0.1, 0.15) is 11.6 Å². The van der Waals surface area contributed by atoms with Gasteiger partial charge in [0.15, 0.2) is 0 Å². The Hall–Kier alpha value is -2.27. The minimum Gasteiger partial charge on any atom is -0.351 e. The number of halogens is 2. The molecular formula is C18H18F2N2O. The van der Waals surface area contributed by atoms with E-state index in [0.717, 1.165) is 37.1 Å². The number of hydrogen-bond acceptors (Lipinski definition) is 2. The molecule has 3 rings (SSSR count). The number of carbonyl (C=O) groups excluding carboxylic acids is 1. The van der Waals surface area contributed by atoms with Crippen molar-refractivity contribution < 1.29 is 13.6 Å². The molecule has 0 saturated carbocycles. The number of carbonyl (C=O) groups is 1. The molecule has 1 heterocycles. The van der Waals surface area contributed by atoms with Gasteiger partial charge in [0.2, 0.25) is 5.91 Å². The van der Waals surface area contributed by atoms with Gasteiger partial charge in [0.05, 0.1) is 6.04 Å². The summed E-state index contributed by atoms with van der Waals surface area (Å²) in [5, 5.41) is 6.02. The van der Waals surface area contributed by atoms with Gasteiger partial charge in [-0.2, -0.15) is 0 Å². The Morgan fingerprint density at radius 2 is 2.09 bits per heavy atom. The fraction of sp³-hybridized carbons (Fsp3) is 0.278.